The molecule has 0 aromatic carbocycles. The first kappa shape index (κ1) is 9.19. The summed E-state index contributed by atoms with van der Waals surface area (Å²) >= 11 is 3.30. The van der Waals surface area contributed by atoms with Gasteiger partial charge < -0.3 is 5.32 Å². The molecule has 0 aliphatic carbocycles. The molecule has 1 N–H and O–H groups in total. The van der Waals surface area contributed by atoms with E-state index in [0.29, 0.717) is 11.4 Å². The largest absolute Gasteiger partial charge is 0.373 e. The summed E-state index contributed by atoms with van der Waals surface area (Å²) in [6, 6.07) is 0. The van der Waals surface area contributed by atoms with E-state index in [1.165, 1.54) is 0 Å². The van der Waals surface area contributed by atoms with Crippen molar-refractivity contribution < 1.29 is 4.79 Å². The van der Waals surface area contributed by atoms with Crippen molar-refractivity contribution in [1.82, 2.24) is 4.98 Å². The van der Waals surface area contributed by atoms with Crippen molar-refractivity contribution in [2.75, 3.05) is 12.4 Å². The Balaban J connectivity index is 3.35. The molecule has 3 nitrogen and oxygen atoms in total. The number of aromatic nitrogens is 1. The Labute approximate surface area is 79.3 Å². The molecule has 1 aromatic heterocycles. The van der Waals surface area contributed by atoms with E-state index < -0.39 is 0 Å². The van der Waals surface area contributed by atoms with E-state index in [1.807, 2.05) is 6.92 Å². The molecule has 0 unspecified atom stereocenters. The fraction of sp³-hybridized carbons (Fsp3) is 0.250. The number of rotatable bonds is 2. The van der Waals surface area contributed by atoms with Crippen LogP contribution in [0.15, 0.2) is 10.7 Å². The highest BCUT2D eigenvalue weighted by atomic mass is 79.9. The number of carbonyl (C=O) groups excluding carboxylic acids is 1. The van der Waals surface area contributed by atoms with E-state index in [-0.39, 0.29) is 0 Å². The predicted molar refractivity (Wildman–Crippen MR) is 51.6 cm³/mol. The average Bonchev–Trinajstić information content (AvgIpc) is 2.09. The Morgan fingerprint density at radius 2 is 2.33 bits per heavy atom. The van der Waals surface area contributed by atoms with Crippen molar-refractivity contribution in [2.45, 2.75) is 6.92 Å². The molecular weight excluding hydrogens is 220 g/mol. The van der Waals surface area contributed by atoms with Crippen LogP contribution in [0.1, 0.15) is 15.9 Å². The van der Waals surface area contributed by atoms with E-state index in [4.69, 9.17) is 0 Å². The molecule has 0 fully saturated rings. The van der Waals surface area contributed by atoms with Crippen molar-refractivity contribution in [3.05, 3.63) is 21.8 Å². The van der Waals surface area contributed by atoms with Gasteiger partial charge in [0.2, 0.25) is 0 Å². The lowest BCUT2D eigenvalue weighted by Crippen LogP contribution is -2.00. The first-order valence-corrected chi connectivity index (χ1v) is 4.28. The van der Waals surface area contributed by atoms with Gasteiger partial charge in [-0.1, -0.05) is 0 Å². The number of hydrogen-bond acceptors (Lipinski definition) is 3. The Morgan fingerprint density at radius 1 is 1.67 bits per heavy atom. The fourth-order valence-corrected chi connectivity index (χ4v) is 1.25. The Hall–Kier alpha value is -0.900. The highest BCUT2D eigenvalue weighted by Gasteiger charge is 2.07. The first-order valence-electron chi connectivity index (χ1n) is 3.48. The standard InChI is InChI=1S/C8H9BrN2O/c1-5-6(4-12)8(10-2)11-3-7(5)9/h3-4H,1-2H3,(H,10,11). The van der Waals surface area contributed by atoms with Crippen LogP contribution in [0.5, 0.6) is 0 Å². The lowest BCUT2D eigenvalue weighted by Gasteiger charge is -2.06. The van der Waals surface area contributed by atoms with Gasteiger partial charge >= 0.3 is 0 Å². The molecule has 0 saturated heterocycles. The van der Waals surface area contributed by atoms with E-state index in [9.17, 15) is 4.79 Å². The summed E-state index contributed by atoms with van der Waals surface area (Å²) in [6.45, 7) is 1.87. The number of hydrogen-bond donors (Lipinski definition) is 1. The maximum Gasteiger partial charge on any atom is 0.154 e. The van der Waals surface area contributed by atoms with Gasteiger partial charge in [0.15, 0.2) is 6.29 Å². The summed E-state index contributed by atoms with van der Waals surface area (Å²) in [5.41, 5.74) is 1.51. The van der Waals surface area contributed by atoms with Gasteiger partial charge in [-0.2, -0.15) is 0 Å². The molecule has 0 radical (unpaired) electrons. The lowest BCUT2D eigenvalue weighted by atomic mass is 10.1. The predicted octanol–water partition coefficient (Wildman–Crippen LogP) is 2.01. The van der Waals surface area contributed by atoms with Crippen LogP contribution in [0, 0.1) is 6.92 Å². The molecule has 1 rings (SSSR count). The molecule has 12 heavy (non-hydrogen) atoms. The number of pyridine rings is 1. The summed E-state index contributed by atoms with van der Waals surface area (Å²) in [5, 5.41) is 2.85. The Kier molecular flexibility index (Phi) is 2.81. The van der Waals surface area contributed by atoms with E-state index in [1.54, 1.807) is 13.2 Å². The maximum atomic E-state index is 10.7. The number of anilines is 1. The summed E-state index contributed by atoms with van der Waals surface area (Å²) in [4.78, 5) is 14.7. The normalized spacial score (nSPS) is 9.58. The summed E-state index contributed by atoms with van der Waals surface area (Å²) in [5.74, 6) is 0.616. The quantitative estimate of drug-likeness (QED) is 0.788. The molecule has 0 aliphatic heterocycles. The van der Waals surface area contributed by atoms with Gasteiger partial charge in [-0.25, -0.2) is 4.98 Å². The minimum Gasteiger partial charge on any atom is -0.373 e. The molecule has 64 valence electrons. The molecule has 0 aliphatic rings. The average molecular weight is 229 g/mol. The minimum atomic E-state index is 0.604. The van der Waals surface area contributed by atoms with Gasteiger partial charge in [-0.15, -0.1) is 0 Å². The third-order valence-electron chi connectivity index (χ3n) is 1.68. The van der Waals surface area contributed by atoms with Crippen molar-refractivity contribution in [2.24, 2.45) is 0 Å². The lowest BCUT2D eigenvalue weighted by molar-refractivity contribution is 0.112. The number of halogens is 1. The zero-order valence-corrected chi connectivity index (χ0v) is 8.47. The van der Waals surface area contributed by atoms with Gasteiger partial charge in [0.1, 0.15) is 5.82 Å². The number of nitrogens with one attached hydrogen (secondary N) is 1. The third-order valence-corrected chi connectivity index (χ3v) is 2.48. The number of aldehydes is 1. The van der Waals surface area contributed by atoms with Crippen molar-refractivity contribution >= 4 is 28.0 Å². The van der Waals surface area contributed by atoms with Crippen molar-refractivity contribution in [3.63, 3.8) is 0 Å². The fourth-order valence-electron chi connectivity index (χ4n) is 0.937. The molecule has 1 aromatic rings. The molecule has 0 bridgehead atoms. The van der Waals surface area contributed by atoms with Gasteiger partial charge in [-0.3, -0.25) is 4.79 Å². The smallest absolute Gasteiger partial charge is 0.154 e. The van der Waals surface area contributed by atoms with Crippen LogP contribution in [-0.2, 0) is 0 Å². The Bertz CT molecular complexity index is 312. The number of carbonyl (C=O) groups is 1. The first-order chi connectivity index (χ1) is 5.70. The van der Waals surface area contributed by atoms with Crippen LogP contribution < -0.4 is 5.32 Å². The van der Waals surface area contributed by atoms with E-state index in [0.717, 1.165) is 16.3 Å². The van der Waals surface area contributed by atoms with Gasteiger partial charge in [0, 0.05) is 17.7 Å². The SMILES string of the molecule is CNc1ncc(Br)c(C)c1C=O. The molecule has 1 heterocycles. The second-order valence-electron chi connectivity index (χ2n) is 2.36. The van der Waals surface area contributed by atoms with Gasteiger partial charge in [0.25, 0.3) is 0 Å². The molecule has 0 saturated carbocycles. The van der Waals surface area contributed by atoms with Crippen LogP contribution in [-0.4, -0.2) is 18.3 Å². The zero-order valence-electron chi connectivity index (χ0n) is 6.89. The third kappa shape index (κ3) is 1.48. The van der Waals surface area contributed by atoms with Crippen LogP contribution in [0.2, 0.25) is 0 Å². The van der Waals surface area contributed by atoms with Gasteiger partial charge in [0.05, 0.1) is 5.56 Å². The van der Waals surface area contributed by atoms with Gasteiger partial charge in [-0.05, 0) is 28.4 Å². The highest BCUT2D eigenvalue weighted by molar-refractivity contribution is 9.10. The second kappa shape index (κ2) is 3.67. The van der Waals surface area contributed by atoms with Crippen LogP contribution in [0.3, 0.4) is 0 Å². The van der Waals surface area contributed by atoms with E-state index >= 15 is 0 Å². The molecule has 0 spiro atoms. The highest BCUT2D eigenvalue weighted by Crippen LogP contribution is 2.22. The Morgan fingerprint density at radius 3 is 2.83 bits per heavy atom. The second-order valence-corrected chi connectivity index (χ2v) is 3.22. The maximum absolute atomic E-state index is 10.7. The molecule has 0 atom stereocenters. The van der Waals surface area contributed by atoms with Crippen LogP contribution in [0.4, 0.5) is 5.82 Å². The topological polar surface area (TPSA) is 42.0 Å². The zero-order chi connectivity index (χ0) is 9.14. The minimum absolute atomic E-state index is 0.604. The van der Waals surface area contributed by atoms with Crippen molar-refractivity contribution in [1.29, 1.82) is 0 Å². The van der Waals surface area contributed by atoms with Crippen LogP contribution >= 0.6 is 15.9 Å². The molecular formula is C8H9BrN2O. The van der Waals surface area contributed by atoms with Crippen LogP contribution in [0.25, 0.3) is 0 Å². The summed E-state index contributed by atoms with van der Waals surface area (Å²) < 4.78 is 0.851. The molecule has 4 heteroatoms. The monoisotopic (exact) mass is 228 g/mol. The molecule has 0 amide bonds. The summed E-state index contributed by atoms with van der Waals surface area (Å²) in [6.07, 6.45) is 2.48. The number of nitrogens with zero attached hydrogens (tertiary/aromatic N) is 1. The summed E-state index contributed by atoms with van der Waals surface area (Å²) in [7, 11) is 1.74. The van der Waals surface area contributed by atoms with E-state index in [2.05, 4.69) is 26.2 Å². The van der Waals surface area contributed by atoms with Crippen molar-refractivity contribution in [3.8, 4) is 0 Å².